The van der Waals surface area contributed by atoms with Crippen LogP contribution in [0.4, 0.5) is 17.6 Å². The second-order valence-corrected chi connectivity index (χ2v) is 6.14. The summed E-state index contributed by atoms with van der Waals surface area (Å²) in [4.78, 5) is 13.7. The quantitative estimate of drug-likeness (QED) is 0.578. The van der Waals surface area contributed by atoms with Crippen LogP contribution in [-0.2, 0) is 9.47 Å². The van der Waals surface area contributed by atoms with Crippen molar-refractivity contribution in [1.29, 1.82) is 0 Å². The van der Waals surface area contributed by atoms with E-state index in [-0.39, 0.29) is 0 Å². The maximum absolute atomic E-state index is 5.44. The van der Waals surface area contributed by atoms with E-state index in [4.69, 9.17) is 21.7 Å². The average Bonchev–Trinajstić information content (AvgIpc) is 2.67. The van der Waals surface area contributed by atoms with Gasteiger partial charge in [-0.05, 0) is 12.2 Å². The van der Waals surface area contributed by atoms with E-state index in [0.29, 0.717) is 44.0 Å². The fourth-order valence-corrected chi connectivity index (χ4v) is 2.87. The third-order valence-corrected chi connectivity index (χ3v) is 4.25. The van der Waals surface area contributed by atoms with Crippen molar-refractivity contribution in [1.82, 2.24) is 15.3 Å². The first kappa shape index (κ1) is 17.8. The molecule has 2 aliphatic rings. The normalized spacial score (nSPS) is 17.9. The van der Waals surface area contributed by atoms with Crippen LogP contribution in [0.1, 0.15) is 0 Å². The van der Waals surface area contributed by atoms with Crippen molar-refractivity contribution in [2.24, 2.45) is 0 Å². The number of nitrogens with zero attached hydrogens (tertiary/aromatic N) is 4. The van der Waals surface area contributed by atoms with E-state index in [2.05, 4.69) is 37.0 Å². The van der Waals surface area contributed by atoms with Crippen molar-refractivity contribution in [3.05, 3.63) is 18.7 Å². The molecule has 0 amide bonds. The highest BCUT2D eigenvalue weighted by molar-refractivity contribution is 7.80. The molecule has 2 N–H and O–H groups in total. The summed E-state index contributed by atoms with van der Waals surface area (Å²) in [5.41, 5.74) is 0. The van der Waals surface area contributed by atoms with Crippen molar-refractivity contribution in [3.8, 4) is 0 Å². The van der Waals surface area contributed by atoms with Crippen LogP contribution in [0.15, 0.2) is 18.7 Å². The van der Waals surface area contributed by atoms with E-state index in [1.165, 1.54) is 0 Å². The molecule has 0 radical (unpaired) electrons. The Bertz CT molecular complexity index is 566. The highest BCUT2D eigenvalue weighted by Crippen LogP contribution is 2.22. The molecule has 136 valence electrons. The van der Waals surface area contributed by atoms with Gasteiger partial charge in [0, 0.05) is 38.8 Å². The van der Waals surface area contributed by atoms with Crippen LogP contribution in [0.25, 0.3) is 0 Å². The number of anilines is 3. The number of hydrogen-bond acceptors (Lipinski definition) is 7. The first-order valence-corrected chi connectivity index (χ1v) is 8.87. The van der Waals surface area contributed by atoms with Crippen LogP contribution in [-0.4, -0.2) is 74.2 Å². The number of aromatic nitrogens is 2. The molecule has 0 bridgehead atoms. The molecule has 9 heteroatoms. The van der Waals surface area contributed by atoms with Crippen molar-refractivity contribution >= 4 is 34.9 Å². The zero-order valence-electron chi connectivity index (χ0n) is 14.2. The lowest BCUT2D eigenvalue weighted by Gasteiger charge is -2.31. The van der Waals surface area contributed by atoms with Crippen molar-refractivity contribution < 1.29 is 9.47 Å². The molecule has 8 nitrogen and oxygen atoms in total. The van der Waals surface area contributed by atoms with E-state index in [1.54, 1.807) is 6.08 Å². The van der Waals surface area contributed by atoms with Crippen molar-refractivity contribution in [2.75, 3.05) is 74.3 Å². The molecule has 0 aromatic carbocycles. The fraction of sp³-hybridized carbons (Fsp3) is 0.562. The van der Waals surface area contributed by atoms with Crippen LogP contribution >= 0.6 is 12.2 Å². The SMILES string of the molecule is C=CCNC(=S)Nc1nc(N2CCOCC2)cc(N2CCOCC2)n1. The highest BCUT2D eigenvalue weighted by Gasteiger charge is 2.19. The lowest BCUT2D eigenvalue weighted by Crippen LogP contribution is -2.39. The van der Waals surface area contributed by atoms with Gasteiger partial charge in [0.05, 0.1) is 26.4 Å². The zero-order valence-corrected chi connectivity index (χ0v) is 15.1. The minimum Gasteiger partial charge on any atom is -0.378 e. The van der Waals surface area contributed by atoms with Gasteiger partial charge >= 0.3 is 0 Å². The fourth-order valence-electron chi connectivity index (χ4n) is 2.70. The molecular weight excluding hydrogens is 340 g/mol. The summed E-state index contributed by atoms with van der Waals surface area (Å²) >= 11 is 5.28. The molecule has 1 aromatic heterocycles. The summed E-state index contributed by atoms with van der Waals surface area (Å²) in [6.07, 6.45) is 1.75. The Morgan fingerprint density at radius 1 is 1.08 bits per heavy atom. The second-order valence-electron chi connectivity index (χ2n) is 5.73. The summed E-state index contributed by atoms with van der Waals surface area (Å²) < 4.78 is 10.9. The van der Waals surface area contributed by atoms with Gasteiger partial charge in [-0.1, -0.05) is 6.08 Å². The predicted octanol–water partition coefficient (Wildman–Crippen LogP) is 0.622. The standard InChI is InChI=1S/C16H24N6O2S/c1-2-3-17-16(25)20-15-18-13(21-4-8-23-9-5-21)12-14(19-15)22-6-10-24-11-7-22/h2,12H,1,3-11H2,(H2,17,18,19,20,25). The second kappa shape index (κ2) is 8.93. The molecule has 2 aliphatic heterocycles. The monoisotopic (exact) mass is 364 g/mol. The Hall–Kier alpha value is -1.97. The van der Waals surface area contributed by atoms with Gasteiger partial charge in [0.25, 0.3) is 0 Å². The molecule has 0 saturated carbocycles. The Morgan fingerprint density at radius 3 is 2.08 bits per heavy atom. The van der Waals surface area contributed by atoms with Crippen LogP contribution in [0.3, 0.4) is 0 Å². The number of thiocarbonyl (C=S) groups is 1. The summed E-state index contributed by atoms with van der Waals surface area (Å²) in [6, 6.07) is 2.03. The van der Waals surface area contributed by atoms with Gasteiger partial charge in [0.15, 0.2) is 5.11 Å². The molecule has 0 aliphatic carbocycles. The van der Waals surface area contributed by atoms with E-state index in [0.717, 1.165) is 37.8 Å². The summed E-state index contributed by atoms with van der Waals surface area (Å²) in [5.74, 6) is 2.26. The van der Waals surface area contributed by atoms with Gasteiger partial charge in [0.1, 0.15) is 11.6 Å². The molecule has 25 heavy (non-hydrogen) atoms. The molecule has 0 unspecified atom stereocenters. The maximum atomic E-state index is 5.44. The van der Waals surface area contributed by atoms with Gasteiger partial charge in [0.2, 0.25) is 5.95 Å². The number of morpholine rings is 2. The summed E-state index contributed by atoms with van der Waals surface area (Å²) in [6.45, 7) is 10.4. The molecule has 2 saturated heterocycles. The topological polar surface area (TPSA) is 74.8 Å². The lowest BCUT2D eigenvalue weighted by molar-refractivity contribution is 0.122. The average molecular weight is 364 g/mol. The summed E-state index contributed by atoms with van der Waals surface area (Å²) in [7, 11) is 0. The maximum Gasteiger partial charge on any atom is 0.232 e. The zero-order chi connectivity index (χ0) is 17.5. The number of hydrogen-bond donors (Lipinski definition) is 2. The van der Waals surface area contributed by atoms with Crippen molar-refractivity contribution in [3.63, 3.8) is 0 Å². The minimum atomic E-state index is 0.479. The number of ether oxygens (including phenoxy) is 2. The van der Waals surface area contributed by atoms with Crippen LogP contribution < -0.4 is 20.4 Å². The molecule has 2 fully saturated rings. The largest absolute Gasteiger partial charge is 0.378 e. The third kappa shape index (κ3) is 5.00. The highest BCUT2D eigenvalue weighted by atomic mass is 32.1. The van der Waals surface area contributed by atoms with Crippen LogP contribution in [0, 0.1) is 0 Å². The van der Waals surface area contributed by atoms with Crippen LogP contribution in [0.2, 0.25) is 0 Å². The smallest absolute Gasteiger partial charge is 0.232 e. The number of nitrogens with one attached hydrogen (secondary N) is 2. The van der Waals surface area contributed by atoms with E-state index in [9.17, 15) is 0 Å². The molecule has 1 aromatic rings. The van der Waals surface area contributed by atoms with Crippen LogP contribution in [0.5, 0.6) is 0 Å². The third-order valence-electron chi connectivity index (χ3n) is 4.00. The van der Waals surface area contributed by atoms with Gasteiger partial charge in [-0.25, -0.2) is 0 Å². The Balaban J connectivity index is 1.81. The van der Waals surface area contributed by atoms with Gasteiger partial charge in [-0.2, -0.15) is 9.97 Å². The molecule has 3 heterocycles. The first-order chi connectivity index (χ1) is 12.3. The lowest BCUT2D eigenvalue weighted by atomic mass is 10.3. The number of rotatable bonds is 5. The molecule has 0 spiro atoms. The first-order valence-electron chi connectivity index (χ1n) is 8.46. The van der Waals surface area contributed by atoms with Crippen molar-refractivity contribution in [2.45, 2.75) is 0 Å². The van der Waals surface area contributed by atoms with Gasteiger partial charge < -0.3 is 29.9 Å². The minimum absolute atomic E-state index is 0.479. The molecule has 0 atom stereocenters. The van der Waals surface area contributed by atoms with E-state index < -0.39 is 0 Å². The van der Waals surface area contributed by atoms with E-state index >= 15 is 0 Å². The Labute approximate surface area is 153 Å². The van der Waals surface area contributed by atoms with E-state index in [1.807, 2.05) is 6.07 Å². The Kier molecular flexibility index (Phi) is 6.37. The van der Waals surface area contributed by atoms with Gasteiger partial charge in [-0.15, -0.1) is 6.58 Å². The van der Waals surface area contributed by atoms with Gasteiger partial charge in [-0.3, -0.25) is 0 Å². The summed E-state index contributed by atoms with van der Waals surface area (Å²) in [5, 5.41) is 6.58. The molecule has 3 rings (SSSR count). The predicted molar refractivity (Wildman–Crippen MR) is 103 cm³/mol. The molecular formula is C16H24N6O2S. The Morgan fingerprint density at radius 2 is 1.60 bits per heavy atom.